The van der Waals surface area contributed by atoms with Gasteiger partial charge in [-0.3, -0.25) is 4.90 Å². The van der Waals surface area contributed by atoms with Gasteiger partial charge in [-0.2, -0.15) is 0 Å². The number of rotatable bonds is 2. The zero-order valence-corrected chi connectivity index (χ0v) is 15.8. The molecule has 4 fully saturated rings. The lowest BCUT2D eigenvalue weighted by molar-refractivity contribution is -0.0341. The molecular formula is C22H29N3O2. The van der Waals surface area contributed by atoms with Crippen LogP contribution < -0.4 is 10.6 Å². The average Bonchev–Trinajstić information content (AvgIpc) is 3.40. The van der Waals surface area contributed by atoms with Crippen molar-refractivity contribution in [2.45, 2.75) is 61.9 Å². The second kappa shape index (κ2) is 5.40. The number of phenols is 1. The molecule has 0 radical (unpaired) electrons. The molecule has 5 aliphatic rings. The fraction of sp³-hybridized carbons (Fsp3) is 0.682. The number of piperidine rings is 1. The highest BCUT2D eigenvalue weighted by Crippen LogP contribution is 2.58. The standard InChI is InChI=1S/C22H29N3O2/c26-16-4-3-15-9-19-17-5-6-21(13-23-20(27)24-21)12-22(17,18(15)10-16)7-8-25(19)11-14-1-2-14/h3-4,10,14,17,19,26H,1-2,5-9,11-13H2,(H2,23,24,27). The molecular weight excluding hydrogens is 338 g/mol. The molecule has 2 aliphatic heterocycles. The van der Waals surface area contributed by atoms with Gasteiger partial charge in [-0.15, -0.1) is 0 Å². The highest BCUT2D eigenvalue weighted by molar-refractivity contribution is 5.77. The van der Waals surface area contributed by atoms with E-state index in [1.807, 2.05) is 12.1 Å². The van der Waals surface area contributed by atoms with Crippen molar-refractivity contribution in [1.82, 2.24) is 15.5 Å². The van der Waals surface area contributed by atoms with Crippen LogP contribution in [0.4, 0.5) is 4.79 Å². The summed E-state index contributed by atoms with van der Waals surface area (Å²) < 4.78 is 0. The molecule has 27 heavy (non-hydrogen) atoms. The molecule has 2 saturated heterocycles. The van der Waals surface area contributed by atoms with Crippen molar-refractivity contribution in [2.24, 2.45) is 11.8 Å². The molecule has 4 unspecified atom stereocenters. The molecule has 3 aliphatic carbocycles. The normalized spacial score (nSPS) is 40.2. The fourth-order valence-electron chi connectivity index (χ4n) is 6.96. The van der Waals surface area contributed by atoms with Gasteiger partial charge in [0.25, 0.3) is 0 Å². The van der Waals surface area contributed by atoms with E-state index in [1.165, 1.54) is 36.9 Å². The number of benzene rings is 1. The van der Waals surface area contributed by atoms with E-state index in [4.69, 9.17) is 0 Å². The predicted octanol–water partition coefficient (Wildman–Crippen LogP) is 2.52. The second-order valence-electron chi connectivity index (χ2n) is 9.87. The number of nitrogens with one attached hydrogen (secondary N) is 2. The van der Waals surface area contributed by atoms with Gasteiger partial charge in [0.1, 0.15) is 5.75 Å². The third-order valence-electron chi connectivity index (χ3n) is 8.29. The Morgan fingerprint density at radius 2 is 2.11 bits per heavy atom. The number of carbonyl (C=O) groups excluding carboxylic acids is 1. The summed E-state index contributed by atoms with van der Waals surface area (Å²) in [5, 5.41) is 16.5. The van der Waals surface area contributed by atoms with Crippen LogP contribution in [0.15, 0.2) is 18.2 Å². The minimum Gasteiger partial charge on any atom is -0.508 e. The zero-order valence-electron chi connectivity index (χ0n) is 15.8. The Kier molecular flexibility index (Phi) is 3.25. The molecule has 5 nitrogen and oxygen atoms in total. The van der Waals surface area contributed by atoms with E-state index in [9.17, 15) is 9.90 Å². The van der Waals surface area contributed by atoms with Crippen molar-refractivity contribution in [3.05, 3.63) is 29.3 Å². The zero-order chi connectivity index (χ0) is 18.2. The van der Waals surface area contributed by atoms with Gasteiger partial charge in [-0.1, -0.05) is 6.07 Å². The van der Waals surface area contributed by atoms with Crippen molar-refractivity contribution in [2.75, 3.05) is 19.6 Å². The van der Waals surface area contributed by atoms with E-state index < -0.39 is 0 Å². The van der Waals surface area contributed by atoms with Crippen molar-refractivity contribution in [3.63, 3.8) is 0 Å². The molecule has 144 valence electrons. The SMILES string of the molecule is O=C1NCC2(CCC3C4Cc5ccc(O)cc5C3(CCN4CC3CC3)C2)N1. The van der Waals surface area contributed by atoms with Crippen LogP contribution in [0.5, 0.6) is 5.75 Å². The largest absolute Gasteiger partial charge is 0.508 e. The topological polar surface area (TPSA) is 64.6 Å². The van der Waals surface area contributed by atoms with Gasteiger partial charge < -0.3 is 15.7 Å². The highest BCUT2D eigenvalue weighted by Gasteiger charge is 2.60. The second-order valence-corrected chi connectivity index (χ2v) is 9.87. The van der Waals surface area contributed by atoms with E-state index >= 15 is 0 Å². The minimum atomic E-state index is -0.114. The minimum absolute atomic E-state index is 0.0143. The Hall–Kier alpha value is -1.75. The summed E-state index contributed by atoms with van der Waals surface area (Å²) in [6.45, 7) is 3.17. The van der Waals surface area contributed by atoms with E-state index in [0.717, 1.165) is 44.7 Å². The molecule has 4 atom stereocenters. The van der Waals surface area contributed by atoms with Gasteiger partial charge in [0.15, 0.2) is 0 Å². The average molecular weight is 367 g/mol. The number of urea groups is 1. The Morgan fingerprint density at radius 3 is 2.89 bits per heavy atom. The van der Waals surface area contributed by atoms with Crippen LogP contribution >= 0.6 is 0 Å². The monoisotopic (exact) mass is 367 g/mol. The number of phenolic OH excluding ortho intramolecular Hbond substituents is 1. The maximum atomic E-state index is 12.0. The molecule has 1 spiro atoms. The van der Waals surface area contributed by atoms with Gasteiger partial charge in [0, 0.05) is 24.5 Å². The van der Waals surface area contributed by atoms with Crippen molar-refractivity contribution >= 4 is 6.03 Å². The quantitative estimate of drug-likeness (QED) is 0.753. The molecule has 1 aromatic carbocycles. The van der Waals surface area contributed by atoms with Gasteiger partial charge in [0.2, 0.25) is 0 Å². The number of likely N-dealkylation sites (tertiary alicyclic amines) is 1. The molecule has 0 aromatic heterocycles. The molecule has 2 bridgehead atoms. The summed E-state index contributed by atoms with van der Waals surface area (Å²) in [7, 11) is 0. The first-order valence-electron chi connectivity index (χ1n) is 10.7. The fourth-order valence-corrected chi connectivity index (χ4v) is 6.96. The van der Waals surface area contributed by atoms with Crippen LogP contribution in [-0.4, -0.2) is 47.3 Å². The number of nitrogens with zero attached hydrogens (tertiary/aromatic N) is 1. The van der Waals surface area contributed by atoms with E-state index in [2.05, 4.69) is 21.6 Å². The Labute approximate surface area is 160 Å². The lowest BCUT2D eigenvalue weighted by atomic mass is 9.49. The number of hydrogen-bond donors (Lipinski definition) is 3. The molecule has 2 saturated carbocycles. The molecule has 5 heteroatoms. The van der Waals surface area contributed by atoms with Gasteiger partial charge >= 0.3 is 6.03 Å². The number of hydrogen-bond acceptors (Lipinski definition) is 3. The Balaban J connectivity index is 1.43. The first-order chi connectivity index (χ1) is 13.1. The number of carbonyl (C=O) groups is 1. The van der Waals surface area contributed by atoms with E-state index in [1.54, 1.807) is 0 Å². The number of aromatic hydroxyl groups is 1. The lowest BCUT2D eigenvalue weighted by Crippen LogP contribution is -2.66. The van der Waals surface area contributed by atoms with Crippen molar-refractivity contribution in [1.29, 1.82) is 0 Å². The number of amides is 2. The predicted molar refractivity (Wildman–Crippen MR) is 103 cm³/mol. The summed E-state index contributed by atoms with van der Waals surface area (Å²) in [4.78, 5) is 14.7. The van der Waals surface area contributed by atoms with E-state index in [0.29, 0.717) is 17.7 Å². The van der Waals surface area contributed by atoms with E-state index in [-0.39, 0.29) is 17.0 Å². The van der Waals surface area contributed by atoms with Crippen LogP contribution in [0.25, 0.3) is 0 Å². The first kappa shape index (κ1) is 16.2. The van der Waals surface area contributed by atoms with Crippen LogP contribution in [0.3, 0.4) is 0 Å². The molecule has 2 amide bonds. The van der Waals surface area contributed by atoms with Gasteiger partial charge in [-0.05, 0) is 86.6 Å². The molecule has 2 heterocycles. The number of fused-ring (bicyclic) bond motifs is 1. The maximum absolute atomic E-state index is 12.0. The summed E-state index contributed by atoms with van der Waals surface area (Å²) in [6.07, 6.45) is 8.33. The third-order valence-corrected chi connectivity index (χ3v) is 8.29. The summed E-state index contributed by atoms with van der Waals surface area (Å²) in [5.74, 6) is 1.95. The summed E-state index contributed by atoms with van der Waals surface area (Å²) in [5.41, 5.74) is 2.77. The highest BCUT2D eigenvalue weighted by atomic mass is 16.3. The molecule has 6 rings (SSSR count). The van der Waals surface area contributed by atoms with Crippen molar-refractivity contribution in [3.8, 4) is 5.75 Å². The van der Waals surface area contributed by atoms with Gasteiger partial charge in [-0.25, -0.2) is 4.79 Å². The van der Waals surface area contributed by atoms with Crippen LogP contribution in [0, 0.1) is 11.8 Å². The third kappa shape index (κ3) is 2.36. The molecule has 3 N–H and O–H groups in total. The maximum Gasteiger partial charge on any atom is 0.315 e. The summed E-state index contributed by atoms with van der Waals surface area (Å²) >= 11 is 0. The van der Waals surface area contributed by atoms with Gasteiger partial charge in [0.05, 0.1) is 5.54 Å². The first-order valence-corrected chi connectivity index (χ1v) is 10.7. The smallest absolute Gasteiger partial charge is 0.315 e. The van der Waals surface area contributed by atoms with Crippen molar-refractivity contribution < 1.29 is 9.90 Å². The lowest BCUT2D eigenvalue weighted by Gasteiger charge is -2.62. The molecule has 1 aromatic rings. The van der Waals surface area contributed by atoms with Crippen LogP contribution in [0.2, 0.25) is 0 Å². The van der Waals surface area contributed by atoms with Crippen LogP contribution in [-0.2, 0) is 11.8 Å². The van der Waals surface area contributed by atoms with Crippen LogP contribution in [0.1, 0.15) is 49.7 Å². The summed E-state index contributed by atoms with van der Waals surface area (Å²) in [6, 6.07) is 6.66. The Morgan fingerprint density at radius 1 is 1.22 bits per heavy atom. The Bertz CT molecular complexity index is 807.